The van der Waals surface area contributed by atoms with Crippen LogP contribution in [0, 0.1) is 11.8 Å². The molecule has 1 heterocycles. The lowest BCUT2D eigenvalue weighted by Gasteiger charge is -2.30. The molecule has 0 aromatic heterocycles. The number of rotatable bonds is 0. The first-order valence-corrected chi connectivity index (χ1v) is 6.16. The van der Waals surface area contributed by atoms with Gasteiger partial charge in [0.25, 0.3) is 0 Å². The first kappa shape index (κ1) is 13.5. The quantitative estimate of drug-likeness (QED) is 0.539. The second-order valence-electron chi connectivity index (χ2n) is 4.58. The van der Waals surface area contributed by atoms with Gasteiger partial charge in [-0.2, -0.15) is 0 Å². The molecule has 0 N–H and O–H groups in total. The zero-order valence-corrected chi connectivity index (χ0v) is 11.7. The van der Waals surface area contributed by atoms with E-state index in [0.29, 0.717) is 10.8 Å². The van der Waals surface area contributed by atoms with Crippen LogP contribution in [0.2, 0.25) is 5.02 Å². The van der Waals surface area contributed by atoms with E-state index < -0.39 is 11.8 Å². The monoisotopic (exact) mass is 276 g/mol. The third-order valence-corrected chi connectivity index (χ3v) is 2.72. The van der Waals surface area contributed by atoms with Crippen molar-refractivity contribution in [1.29, 1.82) is 0 Å². The van der Waals surface area contributed by atoms with Crippen molar-refractivity contribution >= 4 is 17.6 Å². The van der Waals surface area contributed by atoms with E-state index in [0.717, 1.165) is 5.56 Å². The summed E-state index contributed by atoms with van der Waals surface area (Å²) in [6.45, 7) is 5.06. The van der Waals surface area contributed by atoms with Gasteiger partial charge in [0.05, 0.1) is 0 Å². The molecule has 1 aromatic rings. The van der Waals surface area contributed by atoms with E-state index in [1.54, 1.807) is 45.0 Å². The Morgan fingerprint density at radius 2 is 1.74 bits per heavy atom. The van der Waals surface area contributed by atoms with E-state index in [-0.39, 0.29) is 5.57 Å². The smallest absolute Gasteiger partial charge is 0.353 e. The maximum atomic E-state index is 11.8. The standard InChI is InChI=1S/C15H13ClO3/c1-10-13(14(17)19-15(2,3)18-10)9-6-11-4-7-12(16)8-5-11/h4-5,7-8H,1-3H3. The van der Waals surface area contributed by atoms with Crippen molar-refractivity contribution < 1.29 is 14.3 Å². The topological polar surface area (TPSA) is 35.5 Å². The van der Waals surface area contributed by atoms with Crippen molar-refractivity contribution in [2.45, 2.75) is 26.6 Å². The minimum Gasteiger partial charge on any atom is -0.456 e. The summed E-state index contributed by atoms with van der Waals surface area (Å²) in [5.74, 6) is 4.74. The van der Waals surface area contributed by atoms with Crippen molar-refractivity contribution in [3.05, 3.63) is 46.2 Å². The molecule has 0 spiro atoms. The van der Waals surface area contributed by atoms with Crippen LogP contribution in [0.3, 0.4) is 0 Å². The summed E-state index contributed by atoms with van der Waals surface area (Å²) in [4.78, 5) is 11.8. The van der Waals surface area contributed by atoms with Crippen LogP contribution in [0.4, 0.5) is 0 Å². The van der Waals surface area contributed by atoms with Gasteiger partial charge in [0.1, 0.15) is 11.3 Å². The number of ether oxygens (including phenoxy) is 2. The Kier molecular flexibility index (Phi) is 3.55. The number of allylic oxidation sites excluding steroid dienone is 1. The van der Waals surface area contributed by atoms with Gasteiger partial charge in [0.2, 0.25) is 5.79 Å². The molecule has 0 fully saturated rings. The third-order valence-electron chi connectivity index (χ3n) is 2.47. The maximum absolute atomic E-state index is 11.8. The molecule has 0 saturated heterocycles. The van der Waals surface area contributed by atoms with Gasteiger partial charge in [-0.3, -0.25) is 0 Å². The predicted molar refractivity (Wildman–Crippen MR) is 72.3 cm³/mol. The number of benzene rings is 1. The van der Waals surface area contributed by atoms with Gasteiger partial charge in [0.15, 0.2) is 0 Å². The summed E-state index contributed by atoms with van der Waals surface area (Å²) in [5.41, 5.74) is 1.01. The lowest BCUT2D eigenvalue weighted by Crippen LogP contribution is -2.36. The molecule has 0 atom stereocenters. The fourth-order valence-corrected chi connectivity index (χ4v) is 1.79. The van der Waals surface area contributed by atoms with E-state index in [2.05, 4.69) is 11.8 Å². The molecule has 0 radical (unpaired) electrons. The van der Waals surface area contributed by atoms with E-state index in [1.807, 2.05) is 0 Å². The number of halogens is 1. The van der Waals surface area contributed by atoms with Crippen LogP contribution < -0.4 is 0 Å². The largest absolute Gasteiger partial charge is 0.456 e. The number of cyclic esters (lactones) is 1. The van der Waals surface area contributed by atoms with Crippen molar-refractivity contribution in [1.82, 2.24) is 0 Å². The normalized spacial score (nSPS) is 17.2. The molecule has 4 heteroatoms. The number of carbonyl (C=O) groups excluding carboxylic acids is 1. The van der Waals surface area contributed by atoms with Gasteiger partial charge in [-0.15, -0.1) is 0 Å². The fourth-order valence-electron chi connectivity index (χ4n) is 1.67. The summed E-state index contributed by atoms with van der Waals surface area (Å²) >= 11 is 5.79. The van der Waals surface area contributed by atoms with Crippen LogP contribution in [-0.4, -0.2) is 11.8 Å². The van der Waals surface area contributed by atoms with Gasteiger partial charge in [-0.25, -0.2) is 4.79 Å². The Bertz CT molecular complexity index is 601. The highest BCUT2D eigenvalue weighted by Gasteiger charge is 2.33. The van der Waals surface area contributed by atoms with Crippen LogP contribution >= 0.6 is 11.6 Å². The minimum absolute atomic E-state index is 0.245. The first-order chi connectivity index (χ1) is 8.87. The number of hydrogen-bond acceptors (Lipinski definition) is 3. The highest BCUT2D eigenvalue weighted by molar-refractivity contribution is 6.30. The van der Waals surface area contributed by atoms with Crippen LogP contribution in [0.25, 0.3) is 0 Å². The molecule has 2 rings (SSSR count). The second kappa shape index (κ2) is 4.99. The summed E-state index contributed by atoms with van der Waals surface area (Å²) in [7, 11) is 0. The predicted octanol–water partition coefficient (Wildman–Crippen LogP) is 3.28. The Morgan fingerprint density at radius 1 is 1.11 bits per heavy atom. The van der Waals surface area contributed by atoms with E-state index in [4.69, 9.17) is 21.1 Å². The summed E-state index contributed by atoms with van der Waals surface area (Å²) in [6.07, 6.45) is 0. The van der Waals surface area contributed by atoms with Gasteiger partial charge >= 0.3 is 5.97 Å². The lowest BCUT2D eigenvalue weighted by molar-refractivity contribution is -0.206. The maximum Gasteiger partial charge on any atom is 0.353 e. The average Bonchev–Trinajstić information content (AvgIpc) is 2.29. The van der Waals surface area contributed by atoms with Crippen LogP contribution in [-0.2, 0) is 14.3 Å². The molecule has 0 saturated carbocycles. The SMILES string of the molecule is CC1=C(C#Cc2ccc(Cl)cc2)C(=O)OC(C)(C)O1. The van der Waals surface area contributed by atoms with Crippen LogP contribution in [0.5, 0.6) is 0 Å². The highest BCUT2D eigenvalue weighted by Crippen LogP contribution is 2.25. The minimum atomic E-state index is -0.938. The van der Waals surface area contributed by atoms with Crippen molar-refractivity contribution in [3.8, 4) is 11.8 Å². The molecule has 0 unspecified atom stereocenters. The Labute approximate surface area is 117 Å². The van der Waals surface area contributed by atoms with Gasteiger partial charge < -0.3 is 9.47 Å². The molecule has 1 aliphatic rings. The fraction of sp³-hybridized carbons (Fsp3) is 0.267. The van der Waals surface area contributed by atoms with Crippen molar-refractivity contribution in [3.63, 3.8) is 0 Å². The van der Waals surface area contributed by atoms with Gasteiger partial charge in [-0.05, 0) is 31.2 Å². The number of esters is 1. The molecular weight excluding hydrogens is 264 g/mol. The van der Waals surface area contributed by atoms with Gasteiger partial charge in [-0.1, -0.05) is 23.4 Å². The van der Waals surface area contributed by atoms with E-state index in [9.17, 15) is 4.79 Å². The van der Waals surface area contributed by atoms with Gasteiger partial charge in [0, 0.05) is 24.4 Å². The summed E-state index contributed by atoms with van der Waals surface area (Å²) < 4.78 is 10.6. The Balaban J connectivity index is 2.29. The highest BCUT2D eigenvalue weighted by atomic mass is 35.5. The molecule has 0 aliphatic carbocycles. The third kappa shape index (κ3) is 3.30. The zero-order valence-electron chi connectivity index (χ0n) is 10.9. The first-order valence-electron chi connectivity index (χ1n) is 5.78. The number of hydrogen-bond donors (Lipinski definition) is 0. The zero-order chi connectivity index (χ0) is 14.0. The molecule has 3 nitrogen and oxygen atoms in total. The van der Waals surface area contributed by atoms with Crippen LogP contribution in [0.15, 0.2) is 35.6 Å². The van der Waals surface area contributed by atoms with Crippen molar-refractivity contribution in [2.75, 3.05) is 0 Å². The van der Waals surface area contributed by atoms with Crippen LogP contribution in [0.1, 0.15) is 26.3 Å². The molecule has 1 aliphatic heterocycles. The Morgan fingerprint density at radius 3 is 2.32 bits per heavy atom. The molecule has 19 heavy (non-hydrogen) atoms. The molecule has 98 valence electrons. The average molecular weight is 277 g/mol. The molecule has 0 bridgehead atoms. The van der Waals surface area contributed by atoms with E-state index in [1.165, 1.54) is 0 Å². The van der Waals surface area contributed by atoms with Crippen molar-refractivity contribution in [2.24, 2.45) is 0 Å². The molecular formula is C15H13ClO3. The lowest BCUT2D eigenvalue weighted by atomic mass is 10.1. The second-order valence-corrected chi connectivity index (χ2v) is 5.02. The van der Waals surface area contributed by atoms with E-state index >= 15 is 0 Å². The molecule has 1 aromatic carbocycles. The number of carbonyl (C=O) groups is 1. The Hall–Kier alpha value is -1.92. The molecule has 0 amide bonds. The summed E-state index contributed by atoms with van der Waals surface area (Å²) in [5, 5.41) is 0.642. The summed E-state index contributed by atoms with van der Waals surface area (Å²) in [6, 6.07) is 7.05.